The van der Waals surface area contributed by atoms with Gasteiger partial charge in [0.25, 0.3) is 0 Å². The largest absolute Gasteiger partial charge is 0.306 e. The molecule has 0 saturated carbocycles. The number of hydrogen-bond acceptors (Lipinski definition) is 4. The highest BCUT2D eigenvalue weighted by Gasteiger charge is 2.41. The quantitative estimate of drug-likeness (QED) is 0.664. The van der Waals surface area contributed by atoms with E-state index in [-0.39, 0.29) is 0 Å². The third kappa shape index (κ3) is 2.48. The maximum absolute atomic E-state index is 11.4. The van der Waals surface area contributed by atoms with Gasteiger partial charge in [-0.3, -0.25) is 0 Å². The molecule has 0 aromatic carbocycles. The summed E-state index contributed by atoms with van der Waals surface area (Å²) in [6.07, 6.45) is 2.29. The van der Waals surface area contributed by atoms with Crippen LogP contribution in [0.2, 0.25) is 0 Å². The van der Waals surface area contributed by atoms with Gasteiger partial charge < -0.3 is 4.90 Å². The Balaban J connectivity index is 2.93. The number of piperidine rings is 1. The van der Waals surface area contributed by atoms with Crippen molar-refractivity contribution < 1.29 is 8.42 Å². The van der Waals surface area contributed by atoms with Crippen molar-refractivity contribution in [2.45, 2.75) is 18.4 Å². The molecule has 0 aromatic heterocycles. The van der Waals surface area contributed by atoms with Crippen molar-refractivity contribution in [3.63, 3.8) is 0 Å². The van der Waals surface area contributed by atoms with Gasteiger partial charge >= 0.3 is 0 Å². The van der Waals surface area contributed by atoms with Crippen LogP contribution in [-0.2, 0) is 10.0 Å². The van der Waals surface area contributed by atoms with Crippen LogP contribution in [-0.4, -0.2) is 56.6 Å². The van der Waals surface area contributed by atoms with E-state index in [1.165, 1.54) is 11.4 Å². The molecule has 0 aliphatic carbocycles. The fourth-order valence-corrected chi connectivity index (χ4v) is 2.66. The third-order valence-corrected chi connectivity index (χ3v) is 4.47. The SMILES string of the molecule is CN1CCC(C#N)(N(C)S(C)(=O)=O)CC1. The molecule has 6 heteroatoms. The molecule has 0 N–H and O–H groups in total. The van der Waals surface area contributed by atoms with E-state index in [1.54, 1.807) is 0 Å². The van der Waals surface area contributed by atoms with Gasteiger partial charge in [-0.15, -0.1) is 0 Å². The van der Waals surface area contributed by atoms with Crippen LogP contribution in [0.4, 0.5) is 0 Å². The van der Waals surface area contributed by atoms with E-state index in [1.807, 2.05) is 7.05 Å². The van der Waals surface area contributed by atoms with E-state index in [0.717, 1.165) is 19.3 Å². The van der Waals surface area contributed by atoms with Crippen molar-refractivity contribution in [3.8, 4) is 6.07 Å². The van der Waals surface area contributed by atoms with Gasteiger partial charge in [-0.1, -0.05) is 0 Å². The fourth-order valence-electron chi connectivity index (χ4n) is 1.80. The molecule has 5 nitrogen and oxygen atoms in total. The molecule has 0 atom stereocenters. The Labute approximate surface area is 91.3 Å². The highest BCUT2D eigenvalue weighted by molar-refractivity contribution is 7.88. The monoisotopic (exact) mass is 231 g/mol. The van der Waals surface area contributed by atoms with Crippen molar-refractivity contribution in [2.75, 3.05) is 33.4 Å². The highest BCUT2D eigenvalue weighted by Crippen LogP contribution is 2.28. The van der Waals surface area contributed by atoms with Crippen molar-refractivity contribution in [1.29, 1.82) is 5.26 Å². The molecule has 1 rings (SSSR count). The zero-order valence-corrected chi connectivity index (χ0v) is 10.2. The van der Waals surface area contributed by atoms with Gasteiger partial charge in [0.1, 0.15) is 5.54 Å². The number of likely N-dealkylation sites (tertiary alicyclic amines) is 1. The molecule has 1 heterocycles. The molecule has 1 aliphatic rings. The Bertz CT molecular complexity index is 363. The normalized spacial score (nSPS) is 22.6. The number of nitrogens with zero attached hydrogens (tertiary/aromatic N) is 3. The van der Waals surface area contributed by atoms with Gasteiger partial charge in [-0.2, -0.15) is 9.57 Å². The van der Waals surface area contributed by atoms with Gasteiger partial charge in [-0.05, 0) is 19.9 Å². The number of nitriles is 1. The van der Waals surface area contributed by atoms with E-state index in [0.29, 0.717) is 12.8 Å². The number of rotatable bonds is 2. The summed E-state index contributed by atoms with van der Waals surface area (Å²) in [5.74, 6) is 0. The first-order valence-electron chi connectivity index (χ1n) is 4.86. The lowest BCUT2D eigenvalue weighted by atomic mass is 9.89. The van der Waals surface area contributed by atoms with Gasteiger partial charge in [0, 0.05) is 20.1 Å². The molecule has 0 spiro atoms. The molecule has 0 amide bonds. The summed E-state index contributed by atoms with van der Waals surface area (Å²) >= 11 is 0. The zero-order valence-electron chi connectivity index (χ0n) is 9.39. The predicted octanol–water partition coefficient (Wildman–Crippen LogP) is -0.134. The second-order valence-corrected chi connectivity index (χ2v) is 6.19. The highest BCUT2D eigenvalue weighted by atomic mass is 32.2. The predicted molar refractivity (Wildman–Crippen MR) is 57.7 cm³/mol. The third-order valence-electron chi connectivity index (χ3n) is 3.12. The van der Waals surface area contributed by atoms with Crippen LogP contribution in [0.1, 0.15) is 12.8 Å². The summed E-state index contributed by atoms with van der Waals surface area (Å²) in [4.78, 5) is 2.10. The molecule has 0 unspecified atom stereocenters. The Kier molecular flexibility index (Phi) is 3.38. The fraction of sp³-hybridized carbons (Fsp3) is 0.889. The maximum Gasteiger partial charge on any atom is 0.212 e. The van der Waals surface area contributed by atoms with E-state index in [2.05, 4.69) is 11.0 Å². The minimum Gasteiger partial charge on any atom is -0.306 e. The second kappa shape index (κ2) is 4.08. The molecule has 0 aromatic rings. The van der Waals surface area contributed by atoms with Crippen LogP contribution >= 0.6 is 0 Å². The van der Waals surface area contributed by atoms with E-state index in [9.17, 15) is 13.7 Å². The Morgan fingerprint density at radius 1 is 1.40 bits per heavy atom. The van der Waals surface area contributed by atoms with Crippen molar-refractivity contribution in [3.05, 3.63) is 0 Å². The van der Waals surface area contributed by atoms with Crippen LogP contribution in [0.25, 0.3) is 0 Å². The number of sulfonamides is 1. The van der Waals surface area contributed by atoms with Crippen molar-refractivity contribution >= 4 is 10.0 Å². The first kappa shape index (κ1) is 12.4. The summed E-state index contributed by atoms with van der Waals surface area (Å²) in [6, 6.07) is 2.16. The average molecular weight is 231 g/mol. The molecule has 1 saturated heterocycles. The molecule has 0 radical (unpaired) electrons. The zero-order chi connectivity index (χ0) is 11.7. The summed E-state index contributed by atoms with van der Waals surface area (Å²) in [5.41, 5.74) is -0.847. The van der Waals surface area contributed by atoms with Crippen molar-refractivity contribution in [1.82, 2.24) is 9.21 Å². The molecular weight excluding hydrogens is 214 g/mol. The second-order valence-electron chi connectivity index (χ2n) is 4.18. The first-order valence-corrected chi connectivity index (χ1v) is 6.70. The van der Waals surface area contributed by atoms with Gasteiger partial charge in [0.05, 0.1) is 12.3 Å². The van der Waals surface area contributed by atoms with Crippen LogP contribution in [0.15, 0.2) is 0 Å². The minimum absolute atomic E-state index is 0.573. The van der Waals surface area contributed by atoms with E-state index < -0.39 is 15.6 Å². The summed E-state index contributed by atoms with van der Waals surface area (Å²) in [6.45, 7) is 1.51. The Morgan fingerprint density at radius 3 is 2.20 bits per heavy atom. The maximum atomic E-state index is 11.4. The van der Waals surface area contributed by atoms with Gasteiger partial charge in [-0.25, -0.2) is 8.42 Å². The summed E-state index contributed by atoms with van der Waals surface area (Å²) in [7, 11) is 0.166. The van der Waals surface area contributed by atoms with Crippen LogP contribution in [0.5, 0.6) is 0 Å². The Hall–Kier alpha value is -0.640. The first-order chi connectivity index (χ1) is 6.82. The molecule has 15 heavy (non-hydrogen) atoms. The lowest BCUT2D eigenvalue weighted by Crippen LogP contribution is -2.54. The van der Waals surface area contributed by atoms with E-state index in [4.69, 9.17) is 0 Å². The standard InChI is InChI=1S/C9H17N3O2S/c1-11-6-4-9(8-10,5-7-11)12(2)15(3,13)14/h4-7H2,1-3H3. The molecule has 0 bridgehead atoms. The van der Waals surface area contributed by atoms with E-state index >= 15 is 0 Å². The van der Waals surface area contributed by atoms with Gasteiger partial charge in [0.15, 0.2) is 0 Å². The van der Waals surface area contributed by atoms with Crippen LogP contribution in [0, 0.1) is 11.3 Å². The minimum atomic E-state index is -3.30. The lowest BCUT2D eigenvalue weighted by Gasteiger charge is -2.40. The van der Waals surface area contributed by atoms with Crippen molar-refractivity contribution in [2.24, 2.45) is 0 Å². The lowest BCUT2D eigenvalue weighted by molar-refractivity contribution is 0.149. The molecule has 1 aliphatic heterocycles. The van der Waals surface area contributed by atoms with Crippen LogP contribution < -0.4 is 0 Å². The molecule has 86 valence electrons. The average Bonchev–Trinajstić information content (AvgIpc) is 2.17. The smallest absolute Gasteiger partial charge is 0.212 e. The summed E-state index contributed by atoms with van der Waals surface area (Å²) in [5, 5.41) is 9.19. The number of hydrogen-bond donors (Lipinski definition) is 0. The molecular formula is C9H17N3O2S. The topological polar surface area (TPSA) is 64.4 Å². The Morgan fingerprint density at radius 2 is 1.87 bits per heavy atom. The summed E-state index contributed by atoms with van der Waals surface area (Å²) < 4.78 is 24.1. The van der Waals surface area contributed by atoms with Crippen LogP contribution in [0.3, 0.4) is 0 Å². The van der Waals surface area contributed by atoms with Gasteiger partial charge in [0.2, 0.25) is 10.0 Å². The molecule has 1 fully saturated rings.